The molecule has 3 heteroatoms. The Morgan fingerprint density at radius 2 is 2.00 bits per heavy atom. The molecule has 1 aromatic rings. The lowest BCUT2D eigenvalue weighted by Crippen LogP contribution is -2.40. The van der Waals surface area contributed by atoms with Crippen LogP contribution in [0.4, 0.5) is 10.5 Å². The van der Waals surface area contributed by atoms with E-state index < -0.39 is 5.60 Å². The molecule has 0 radical (unpaired) electrons. The highest BCUT2D eigenvalue weighted by atomic mass is 16.6. The first kappa shape index (κ1) is 12.9. The van der Waals surface area contributed by atoms with Crippen LogP contribution in [0.5, 0.6) is 0 Å². The molecule has 0 aromatic heterocycles. The van der Waals surface area contributed by atoms with Crippen molar-refractivity contribution in [3.63, 3.8) is 0 Å². The quantitative estimate of drug-likeness (QED) is 0.695. The van der Waals surface area contributed by atoms with Crippen LogP contribution in [-0.2, 0) is 4.74 Å². The molecule has 0 spiro atoms. The minimum absolute atomic E-state index is 0.248. The van der Waals surface area contributed by atoms with Crippen LogP contribution < -0.4 is 4.90 Å². The van der Waals surface area contributed by atoms with E-state index in [4.69, 9.17) is 4.74 Å². The minimum atomic E-state index is -0.449. The van der Waals surface area contributed by atoms with Gasteiger partial charge in [0.15, 0.2) is 0 Å². The van der Waals surface area contributed by atoms with Crippen LogP contribution in [0.25, 0.3) is 0 Å². The van der Waals surface area contributed by atoms with Gasteiger partial charge in [0.05, 0.1) is 5.69 Å². The predicted molar refractivity (Wildman–Crippen MR) is 73.1 cm³/mol. The Morgan fingerprint density at radius 3 is 2.67 bits per heavy atom. The maximum Gasteiger partial charge on any atom is 0.414 e. The van der Waals surface area contributed by atoms with Gasteiger partial charge in [0.25, 0.3) is 0 Å². The normalized spacial score (nSPS) is 19.3. The largest absolute Gasteiger partial charge is 0.443 e. The Kier molecular flexibility index (Phi) is 3.33. The van der Waals surface area contributed by atoms with Gasteiger partial charge in [0.2, 0.25) is 0 Å². The van der Waals surface area contributed by atoms with Crippen LogP contribution in [0.2, 0.25) is 0 Å². The highest BCUT2D eigenvalue weighted by molar-refractivity contribution is 5.89. The molecule has 0 fully saturated rings. The summed E-state index contributed by atoms with van der Waals surface area (Å²) in [6.45, 7) is 8.61. The van der Waals surface area contributed by atoms with E-state index in [2.05, 4.69) is 13.0 Å². The van der Waals surface area contributed by atoms with E-state index in [1.807, 2.05) is 39.0 Å². The van der Waals surface area contributed by atoms with Gasteiger partial charge in [-0.2, -0.15) is 0 Å². The topological polar surface area (TPSA) is 29.5 Å². The molecule has 18 heavy (non-hydrogen) atoms. The number of carbonyl (C=O) groups excluding carboxylic acids is 1. The number of hydrogen-bond acceptors (Lipinski definition) is 2. The Morgan fingerprint density at radius 1 is 1.33 bits per heavy atom. The van der Waals surface area contributed by atoms with Crippen molar-refractivity contribution in [2.45, 2.75) is 45.6 Å². The first-order valence-corrected chi connectivity index (χ1v) is 6.48. The summed E-state index contributed by atoms with van der Waals surface area (Å²) < 4.78 is 5.46. The molecule has 1 aliphatic heterocycles. The number of ether oxygens (including phenoxy) is 1. The van der Waals surface area contributed by atoms with Crippen molar-refractivity contribution in [1.29, 1.82) is 0 Å². The van der Waals surface area contributed by atoms with Crippen LogP contribution in [0.3, 0.4) is 0 Å². The third-order valence-electron chi connectivity index (χ3n) is 3.16. The number of carbonyl (C=O) groups is 1. The van der Waals surface area contributed by atoms with Gasteiger partial charge in [-0.05, 0) is 44.7 Å². The molecule has 0 aliphatic carbocycles. The van der Waals surface area contributed by atoms with Crippen molar-refractivity contribution in [3.8, 4) is 0 Å². The molecule has 0 saturated carbocycles. The van der Waals surface area contributed by atoms with Gasteiger partial charge in [0, 0.05) is 6.54 Å². The van der Waals surface area contributed by atoms with Gasteiger partial charge in [-0.25, -0.2) is 4.79 Å². The lowest BCUT2D eigenvalue weighted by Gasteiger charge is -2.34. The molecule has 1 aliphatic rings. The lowest BCUT2D eigenvalue weighted by molar-refractivity contribution is 0.0577. The van der Waals surface area contributed by atoms with E-state index in [0.717, 1.165) is 18.7 Å². The standard InChI is InChI=1S/C15H21NO2/c1-11-9-10-16(14(17)18-15(2,3)4)13-8-6-5-7-12(11)13/h5-8,11H,9-10H2,1-4H3/t11-/m1/s1. The maximum atomic E-state index is 12.2. The number of para-hydroxylation sites is 1. The SMILES string of the molecule is C[C@@H]1CCN(C(=O)OC(C)(C)C)c2ccccc21. The van der Waals surface area contributed by atoms with E-state index in [1.54, 1.807) is 4.90 Å². The first-order chi connectivity index (χ1) is 8.38. The van der Waals surface area contributed by atoms with E-state index >= 15 is 0 Å². The highest BCUT2D eigenvalue weighted by Gasteiger charge is 2.29. The number of benzene rings is 1. The van der Waals surface area contributed by atoms with E-state index in [-0.39, 0.29) is 6.09 Å². The number of nitrogens with zero attached hydrogens (tertiary/aromatic N) is 1. The summed E-state index contributed by atoms with van der Waals surface area (Å²) in [6.07, 6.45) is 0.734. The predicted octanol–water partition coefficient (Wildman–Crippen LogP) is 3.94. The molecule has 0 bridgehead atoms. The summed E-state index contributed by atoms with van der Waals surface area (Å²) in [7, 11) is 0. The van der Waals surface area contributed by atoms with Crippen molar-refractivity contribution in [2.75, 3.05) is 11.4 Å². The summed E-state index contributed by atoms with van der Waals surface area (Å²) >= 11 is 0. The summed E-state index contributed by atoms with van der Waals surface area (Å²) in [5.41, 5.74) is 1.77. The first-order valence-electron chi connectivity index (χ1n) is 6.48. The van der Waals surface area contributed by atoms with Crippen molar-refractivity contribution >= 4 is 11.8 Å². The fraction of sp³-hybridized carbons (Fsp3) is 0.533. The molecule has 2 rings (SSSR count). The van der Waals surface area contributed by atoms with Gasteiger partial charge in [-0.3, -0.25) is 4.90 Å². The van der Waals surface area contributed by atoms with Crippen LogP contribution in [0.1, 0.15) is 45.6 Å². The second kappa shape index (κ2) is 4.63. The zero-order valence-electron chi connectivity index (χ0n) is 11.6. The fourth-order valence-electron chi connectivity index (χ4n) is 2.26. The van der Waals surface area contributed by atoms with Crippen molar-refractivity contribution < 1.29 is 9.53 Å². The molecule has 1 aromatic carbocycles. The molecule has 3 nitrogen and oxygen atoms in total. The zero-order chi connectivity index (χ0) is 13.3. The van der Waals surface area contributed by atoms with Crippen LogP contribution in [0.15, 0.2) is 24.3 Å². The van der Waals surface area contributed by atoms with Crippen LogP contribution in [0, 0.1) is 0 Å². The third kappa shape index (κ3) is 2.66. The van der Waals surface area contributed by atoms with E-state index in [0.29, 0.717) is 5.92 Å². The van der Waals surface area contributed by atoms with Gasteiger partial charge < -0.3 is 4.74 Å². The Hall–Kier alpha value is -1.51. The molecule has 1 atom stereocenters. The van der Waals surface area contributed by atoms with Crippen molar-refractivity contribution in [2.24, 2.45) is 0 Å². The molecule has 1 amide bonds. The van der Waals surface area contributed by atoms with Gasteiger partial charge in [0.1, 0.15) is 5.60 Å². The molecule has 0 N–H and O–H groups in total. The number of hydrogen-bond donors (Lipinski definition) is 0. The summed E-state index contributed by atoms with van der Waals surface area (Å²) in [4.78, 5) is 13.9. The average molecular weight is 247 g/mol. The minimum Gasteiger partial charge on any atom is -0.443 e. The number of anilines is 1. The molecule has 0 unspecified atom stereocenters. The van der Waals surface area contributed by atoms with Crippen molar-refractivity contribution in [1.82, 2.24) is 0 Å². The highest BCUT2D eigenvalue weighted by Crippen LogP contribution is 2.35. The molecular formula is C15H21NO2. The Labute approximate surface area is 109 Å². The second-order valence-electron chi connectivity index (χ2n) is 5.88. The van der Waals surface area contributed by atoms with Crippen LogP contribution in [-0.4, -0.2) is 18.2 Å². The third-order valence-corrected chi connectivity index (χ3v) is 3.16. The average Bonchev–Trinajstić information content (AvgIpc) is 2.27. The summed E-state index contributed by atoms with van der Waals surface area (Å²) in [5, 5.41) is 0. The fourth-order valence-corrected chi connectivity index (χ4v) is 2.26. The zero-order valence-corrected chi connectivity index (χ0v) is 11.6. The van der Waals surface area contributed by atoms with Gasteiger partial charge >= 0.3 is 6.09 Å². The molecule has 1 heterocycles. The number of rotatable bonds is 0. The molecule has 98 valence electrons. The van der Waals surface area contributed by atoms with Crippen molar-refractivity contribution in [3.05, 3.63) is 29.8 Å². The Balaban J connectivity index is 2.26. The number of amides is 1. The monoisotopic (exact) mass is 247 g/mol. The Bertz CT molecular complexity index is 448. The second-order valence-corrected chi connectivity index (χ2v) is 5.88. The molecular weight excluding hydrogens is 226 g/mol. The van der Waals surface area contributed by atoms with Crippen LogP contribution >= 0.6 is 0 Å². The number of fused-ring (bicyclic) bond motifs is 1. The smallest absolute Gasteiger partial charge is 0.414 e. The maximum absolute atomic E-state index is 12.2. The molecule has 0 saturated heterocycles. The summed E-state index contributed by atoms with van der Waals surface area (Å²) in [5.74, 6) is 0.500. The van der Waals surface area contributed by atoms with E-state index in [9.17, 15) is 4.79 Å². The van der Waals surface area contributed by atoms with Gasteiger partial charge in [-0.1, -0.05) is 25.1 Å². The summed E-state index contributed by atoms with van der Waals surface area (Å²) in [6, 6.07) is 8.08. The van der Waals surface area contributed by atoms with Gasteiger partial charge in [-0.15, -0.1) is 0 Å². The van der Waals surface area contributed by atoms with E-state index in [1.165, 1.54) is 5.56 Å². The lowest BCUT2D eigenvalue weighted by atomic mass is 9.92.